The Morgan fingerprint density at radius 2 is 1.96 bits per heavy atom. The van der Waals surface area contributed by atoms with E-state index >= 15 is 0 Å². The Morgan fingerprint density at radius 1 is 1.17 bits per heavy atom. The van der Waals surface area contributed by atoms with Gasteiger partial charge in [-0.05, 0) is 51.2 Å². The van der Waals surface area contributed by atoms with Crippen LogP contribution in [-0.2, 0) is 6.42 Å². The van der Waals surface area contributed by atoms with Crippen LogP contribution in [0.1, 0.15) is 43.4 Å². The summed E-state index contributed by atoms with van der Waals surface area (Å²) < 4.78 is 8.24. The van der Waals surface area contributed by atoms with Gasteiger partial charge < -0.3 is 4.74 Å². The molecule has 0 aliphatic heterocycles. The minimum Gasteiger partial charge on any atom is -0.493 e. The van der Waals surface area contributed by atoms with Crippen molar-refractivity contribution in [2.75, 3.05) is 6.61 Å². The number of aryl methyl sites for hydroxylation is 3. The zero-order valence-corrected chi connectivity index (χ0v) is 14.1. The van der Waals surface area contributed by atoms with E-state index in [4.69, 9.17) is 14.7 Å². The number of imidazole rings is 1. The molecule has 4 rings (SSSR count). The largest absolute Gasteiger partial charge is 0.493 e. The maximum atomic E-state index is 5.96. The molecule has 23 heavy (non-hydrogen) atoms. The minimum absolute atomic E-state index is 0.757. The fraction of sp³-hybridized carbons (Fsp3) is 0.474. The fourth-order valence-corrected chi connectivity index (χ4v) is 3.26. The molecular formula is C19H23N3O. The molecule has 0 saturated heterocycles. The molecule has 4 heteroatoms. The smallest absolute Gasteiger partial charge is 0.121 e. The zero-order chi connectivity index (χ0) is 16.0. The third-order valence-electron chi connectivity index (χ3n) is 4.60. The van der Waals surface area contributed by atoms with Gasteiger partial charge in [-0.15, -0.1) is 0 Å². The number of rotatable bonds is 5. The van der Waals surface area contributed by atoms with Gasteiger partial charge >= 0.3 is 0 Å². The number of nitrogens with zero attached hydrogens (tertiary/aromatic N) is 3. The molecule has 0 unspecified atom stereocenters. The van der Waals surface area contributed by atoms with Gasteiger partial charge in [0.1, 0.15) is 11.6 Å². The van der Waals surface area contributed by atoms with Gasteiger partial charge in [-0.25, -0.2) is 9.97 Å². The normalized spacial score (nSPS) is 14.7. The van der Waals surface area contributed by atoms with E-state index < -0.39 is 0 Å². The molecule has 1 aliphatic carbocycles. The maximum Gasteiger partial charge on any atom is 0.121 e. The summed E-state index contributed by atoms with van der Waals surface area (Å²) in [5.74, 6) is 2.81. The van der Waals surface area contributed by atoms with Crippen molar-refractivity contribution in [2.24, 2.45) is 5.92 Å². The first-order chi connectivity index (χ1) is 11.2. The second-order valence-corrected chi connectivity index (χ2v) is 6.65. The van der Waals surface area contributed by atoms with Crippen LogP contribution in [0.5, 0.6) is 5.75 Å². The summed E-state index contributed by atoms with van der Waals surface area (Å²) in [6.07, 6.45) is 4.67. The third-order valence-corrected chi connectivity index (χ3v) is 4.60. The highest BCUT2D eigenvalue weighted by atomic mass is 16.5. The lowest BCUT2D eigenvalue weighted by Gasteiger charge is -2.10. The minimum atomic E-state index is 0.757. The van der Waals surface area contributed by atoms with Crippen molar-refractivity contribution >= 4 is 16.6 Å². The fourth-order valence-electron chi connectivity index (χ4n) is 3.26. The molecule has 0 N–H and O–H groups in total. The molecule has 1 saturated carbocycles. The van der Waals surface area contributed by atoms with Gasteiger partial charge in [0.2, 0.25) is 0 Å². The molecule has 3 aromatic rings. The van der Waals surface area contributed by atoms with Crippen molar-refractivity contribution in [3.8, 4) is 5.75 Å². The molecular weight excluding hydrogens is 286 g/mol. The van der Waals surface area contributed by atoms with Crippen molar-refractivity contribution in [1.29, 1.82) is 0 Å². The number of hydrogen-bond donors (Lipinski definition) is 0. The molecule has 120 valence electrons. The number of ether oxygens (including phenoxy) is 1. The summed E-state index contributed by atoms with van der Waals surface area (Å²) >= 11 is 0. The summed E-state index contributed by atoms with van der Waals surface area (Å²) in [5.41, 5.74) is 5.34. The van der Waals surface area contributed by atoms with Crippen LogP contribution in [0.2, 0.25) is 0 Å². The van der Waals surface area contributed by atoms with Crippen LogP contribution < -0.4 is 4.74 Å². The first-order valence-electron chi connectivity index (χ1n) is 8.58. The van der Waals surface area contributed by atoms with Crippen molar-refractivity contribution in [3.63, 3.8) is 0 Å². The van der Waals surface area contributed by atoms with E-state index in [0.717, 1.165) is 64.9 Å². The average molecular weight is 309 g/mol. The van der Waals surface area contributed by atoms with Gasteiger partial charge in [0.15, 0.2) is 0 Å². The number of fused-ring (bicyclic) bond motifs is 3. The quantitative estimate of drug-likeness (QED) is 0.707. The SMILES string of the molecule is CCCc1nc(C)c2c(C)nc3ccc(OCC4CC4)cc3n12. The number of hydrogen-bond acceptors (Lipinski definition) is 3. The predicted octanol–water partition coefficient (Wildman–Crippen LogP) is 4.24. The van der Waals surface area contributed by atoms with Gasteiger partial charge in [-0.2, -0.15) is 0 Å². The molecule has 1 fully saturated rings. The standard InChI is InChI=1S/C19H23N3O/c1-4-5-18-21-13(3)19-12(2)20-16-9-8-15(10-17(16)22(18)19)23-11-14-6-7-14/h8-10,14H,4-7,11H2,1-3H3. The highest BCUT2D eigenvalue weighted by Crippen LogP contribution is 2.31. The van der Waals surface area contributed by atoms with Crippen molar-refractivity contribution < 1.29 is 4.74 Å². The van der Waals surface area contributed by atoms with E-state index in [-0.39, 0.29) is 0 Å². The zero-order valence-electron chi connectivity index (χ0n) is 14.1. The van der Waals surface area contributed by atoms with Gasteiger partial charge in [0, 0.05) is 12.5 Å². The van der Waals surface area contributed by atoms with E-state index in [2.05, 4.69) is 37.3 Å². The van der Waals surface area contributed by atoms with Gasteiger partial charge in [0.05, 0.1) is 34.5 Å². The first kappa shape index (κ1) is 14.5. The van der Waals surface area contributed by atoms with Gasteiger partial charge in [-0.1, -0.05) is 6.92 Å². The Kier molecular flexibility index (Phi) is 3.47. The van der Waals surface area contributed by atoms with Crippen LogP contribution in [0.25, 0.3) is 16.6 Å². The first-order valence-corrected chi connectivity index (χ1v) is 8.58. The molecule has 1 aliphatic rings. The number of benzene rings is 1. The van der Waals surface area contributed by atoms with Crippen LogP contribution in [0.3, 0.4) is 0 Å². The van der Waals surface area contributed by atoms with Gasteiger partial charge in [-0.3, -0.25) is 4.40 Å². The topological polar surface area (TPSA) is 39.4 Å². The summed E-state index contributed by atoms with van der Waals surface area (Å²) in [6.45, 7) is 7.16. The lowest BCUT2D eigenvalue weighted by Crippen LogP contribution is -2.02. The summed E-state index contributed by atoms with van der Waals surface area (Å²) in [4.78, 5) is 9.56. The third kappa shape index (κ3) is 2.56. The molecule has 0 radical (unpaired) electrons. The second-order valence-electron chi connectivity index (χ2n) is 6.65. The highest BCUT2D eigenvalue weighted by molar-refractivity contribution is 5.82. The van der Waals surface area contributed by atoms with Crippen LogP contribution in [0, 0.1) is 19.8 Å². The van der Waals surface area contributed by atoms with Crippen molar-refractivity contribution in [1.82, 2.24) is 14.4 Å². The molecule has 0 spiro atoms. The Bertz CT molecular complexity index is 877. The lowest BCUT2D eigenvalue weighted by molar-refractivity contribution is 0.300. The van der Waals surface area contributed by atoms with E-state index in [9.17, 15) is 0 Å². The molecule has 1 aromatic carbocycles. The summed E-state index contributed by atoms with van der Waals surface area (Å²) in [7, 11) is 0. The highest BCUT2D eigenvalue weighted by Gasteiger charge is 2.22. The van der Waals surface area contributed by atoms with E-state index in [0.29, 0.717) is 0 Å². The van der Waals surface area contributed by atoms with Crippen LogP contribution >= 0.6 is 0 Å². The molecule has 0 bridgehead atoms. The van der Waals surface area contributed by atoms with Crippen LogP contribution in [0.4, 0.5) is 0 Å². The molecule has 0 atom stereocenters. The van der Waals surface area contributed by atoms with E-state index in [1.807, 2.05) is 6.07 Å². The summed E-state index contributed by atoms with van der Waals surface area (Å²) in [5, 5.41) is 0. The molecule has 4 nitrogen and oxygen atoms in total. The lowest BCUT2D eigenvalue weighted by atomic mass is 10.2. The Morgan fingerprint density at radius 3 is 2.70 bits per heavy atom. The second kappa shape index (κ2) is 5.52. The van der Waals surface area contributed by atoms with Crippen LogP contribution in [-0.4, -0.2) is 21.0 Å². The predicted molar refractivity (Wildman–Crippen MR) is 92.2 cm³/mol. The number of aromatic nitrogens is 3. The Balaban J connectivity index is 1.90. The maximum absolute atomic E-state index is 5.96. The summed E-state index contributed by atoms with van der Waals surface area (Å²) in [6, 6.07) is 6.22. The van der Waals surface area contributed by atoms with Crippen molar-refractivity contribution in [3.05, 3.63) is 35.4 Å². The van der Waals surface area contributed by atoms with E-state index in [1.54, 1.807) is 0 Å². The Hall–Kier alpha value is -2.10. The van der Waals surface area contributed by atoms with Gasteiger partial charge in [0.25, 0.3) is 0 Å². The average Bonchev–Trinajstić information content (AvgIpc) is 3.30. The Labute approximate surface area is 136 Å². The molecule has 2 aromatic heterocycles. The monoisotopic (exact) mass is 309 g/mol. The van der Waals surface area contributed by atoms with Crippen LogP contribution in [0.15, 0.2) is 18.2 Å². The van der Waals surface area contributed by atoms with E-state index in [1.165, 1.54) is 12.8 Å². The molecule has 2 heterocycles. The molecule has 0 amide bonds. The van der Waals surface area contributed by atoms with Crippen molar-refractivity contribution in [2.45, 2.75) is 46.5 Å².